The summed E-state index contributed by atoms with van der Waals surface area (Å²) >= 11 is 0. The third kappa shape index (κ3) is 28.5. The first-order valence-electron chi connectivity index (χ1n) is 23.1. The molecular weight excluding hydrogens is 779 g/mol. The van der Waals surface area contributed by atoms with Gasteiger partial charge in [-0.25, -0.2) is 4.57 Å². The molecule has 0 radical (unpaired) electrons. The van der Waals surface area contributed by atoms with Crippen molar-refractivity contribution in [1.29, 1.82) is 0 Å². The summed E-state index contributed by atoms with van der Waals surface area (Å²) in [6.07, 6.45) is 25.2. The number of hydrogen-bond acceptors (Lipinski definition) is 12. The van der Waals surface area contributed by atoms with Crippen LogP contribution in [0.15, 0.2) is 24.3 Å². The van der Waals surface area contributed by atoms with Gasteiger partial charge in [0.2, 0.25) is 0 Å². The van der Waals surface area contributed by atoms with Crippen molar-refractivity contribution >= 4 is 19.8 Å². The smallest absolute Gasteiger partial charge is 0.462 e. The maximum atomic E-state index is 12.8. The van der Waals surface area contributed by atoms with E-state index in [9.17, 15) is 44.6 Å². The topological polar surface area (TPSA) is 210 Å². The van der Waals surface area contributed by atoms with Crippen LogP contribution in [0.3, 0.4) is 0 Å². The van der Waals surface area contributed by atoms with Crippen LogP contribution in [0, 0.1) is 0 Å². The standard InChI is InChI=1S/C45H83O13P/c1-3-5-7-9-11-13-15-17-19-21-23-25-27-29-31-33-38(46)55-35-37(36-56-59(53,54)58-45-43(51)41(49)40(48)42(50)44(45)52)57-39(47)34-32-30-28-26-24-22-20-18-16-14-12-10-8-6-4-2/h18,20,23,25,37,40-45,48-52H,3-17,19,21-22,24,26-36H2,1-2H3,(H,53,54)/b20-18+,25-23+/t37-,40?,41-,42?,43?,44?,45?/m1/s1. The maximum Gasteiger partial charge on any atom is 0.472 e. The van der Waals surface area contributed by atoms with Crippen molar-refractivity contribution in [2.45, 2.75) is 236 Å². The summed E-state index contributed by atoms with van der Waals surface area (Å²) in [6.45, 7) is 3.27. The van der Waals surface area contributed by atoms with Crippen LogP contribution in [0.4, 0.5) is 0 Å². The van der Waals surface area contributed by atoms with Crippen LogP contribution in [0.2, 0.25) is 0 Å². The van der Waals surface area contributed by atoms with Gasteiger partial charge in [-0.3, -0.25) is 18.6 Å². The Bertz CT molecular complexity index is 1130. The second-order valence-electron chi connectivity index (χ2n) is 16.3. The predicted octanol–water partition coefficient (Wildman–Crippen LogP) is 8.84. The molecule has 1 saturated carbocycles. The number of phosphoric acid groups is 1. The molecule has 0 amide bonds. The third-order valence-electron chi connectivity index (χ3n) is 10.8. The minimum Gasteiger partial charge on any atom is -0.462 e. The monoisotopic (exact) mass is 863 g/mol. The van der Waals surface area contributed by atoms with Crippen LogP contribution in [0.5, 0.6) is 0 Å². The van der Waals surface area contributed by atoms with E-state index in [2.05, 4.69) is 38.2 Å². The summed E-state index contributed by atoms with van der Waals surface area (Å²) in [5, 5.41) is 50.1. The van der Waals surface area contributed by atoms with E-state index in [0.29, 0.717) is 12.8 Å². The van der Waals surface area contributed by atoms with Gasteiger partial charge in [-0.1, -0.05) is 141 Å². The normalized spacial score (nSPS) is 22.5. The number of aliphatic hydroxyl groups is 5. The average Bonchev–Trinajstić information content (AvgIpc) is 3.21. The van der Waals surface area contributed by atoms with Crippen molar-refractivity contribution in [3.8, 4) is 0 Å². The van der Waals surface area contributed by atoms with Crippen molar-refractivity contribution < 1.29 is 63.1 Å². The third-order valence-corrected chi connectivity index (χ3v) is 11.8. The number of allylic oxidation sites excluding steroid dienone is 4. The minimum absolute atomic E-state index is 0.0844. The number of hydrogen-bond donors (Lipinski definition) is 6. The molecule has 6 N–H and O–H groups in total. The van der Waals surface area contributed by atoms with Crippen molar-refractivity contribution in [3.05, 3.63) is 24.3 Å². The molecule has 1 aliphatic rings. The van der Waals surface area contributed by atoms with Crippen LogP contribution >= 0.6 is 7.82 Å². The minimum atomic E-state index is -5.12. The van der Waals surface area contributed by atoms with E-state index in [4.69, 9.17) is 18.5 Å². The first kappa shape index (κ1) is 55.3. The zero-order chi connectivity index (χ0) is 43.6. The molecule has 0 aromatic heterocycles. The van der Waals surface area contributed by atoms with E-state index in [-0.39, 0.29) is 12.8 Å². The van der Waals surface area contributed by atoms with E-state index in [1.165, 1.54) is 96.3 Å². The van der Waals surface area contributed by atoms with Gasteiger partial charge in [0.15, 0.2) is 6.10 Å². The number of rotatable bonds is 38. The SMILES string of the molecule is CCCCCCCC/C=C/CCCCCCCC(=O)O[C@H](COC(=O)CCCC/C=C/CCCCCCCCCCC)COP(=O)(O)OC1C(O)C(O)C(O)[C@@H](O)C1O. The highest BCUT2D eigenvalue weighted by atomic mass is 31.2. The molecule has 6 unspecified atom stereocenters. The predicted molar refractivity (Wildman–Crippen MR) is 230 cm³/mol. The largest absolute Gasteiger partial charge is 0.472 e. The second kappa shape index (κ2) is 35.9. The van der Waals surface area contributed by atoms with E-state index >= 15 is 0 Å². The van der Waals surface area contributed by atoms with Crippen LogP contribution < -0.4 is 0 Å². The lowest BCUT2D eigenvalue weighted by Gasteiger charge is -2.41. The zero-order valence-corrected chi connectivity index (χ0v) is 37.4. The highest BCUT2D eigenvalue weighted by Gasteiger charge is 2.51. The van der Waals surface area contributed by atoms with E-state index < -0.39 is 75.7 Å². The highest BCUT2D eigenvalue weighted by Crippen LogP contribution is 2.47. The van der Waals surface area contributed by atoms with E-state index in [1.807, 2.05) is 0 Å². The number of aliphatic hydroxyl groups excluding tert-OH is 5. The Kier molecular flexibility index (Phi) is 33.7. The molecule has 1 aliphatic carbocycles. The van der Waals surface area contributed by atoms with Gasteiger partial charge in [-0.2, -0.15) is 0 Å². The van der Waals surface area contributed by atoms with Crippen molar-refractivity contribution in [3.63, 3.8) is 0 Å². The van der Waals surface area contributed by atoms with Gasteiger partial charge in [-0.05, 0) is 64.2 Å². The molecule has 0 bridgehead atoms. The molecule has 0 heterocycles. The fourth-order valence-electron chi connectivity index (χ4n) is 6.98. The molecule has 0 aromatic rings. The quantitative estimate of drug-likeness (QED) is 0.0149. The van der Waals surface area contributed by atoms with Crippen molar-refractivity contribution in [1.82, 2.24) is 0 Å². The second-order valence-corrected chi connectivity index (χ2v) is 17.7. The molecule has 0 aliphatic heterocycles. The number of carbonyl (C=O) groups excluding carboxylic acids is 2. The molecule has 1 rings (SSSR count). The van der Waals surface area contributed by atoms with Gasteiger partial charge in [-0.15, -0.1) is 0 Å². The lowest BCUT2D eigenvalue weighted by Crippen LogP contribution is -2.64. The Labute approximate surface area is 356 Å². The Morgan fingerprint density at radius 1 is 0.508 bits per heavy atom. The lowest BCUT2D eigenvalue weighted by atomic mass is 9.85. The molecule has 1 fully saturated rings. The van der Waals surface area contributed by atoms with Crippen LogP contribution in [0.1, 0.15) is 194 Å². The molecule has 59 heavy (non-hydrogen) atoms. The summed E-state index contributed by atoms with van der Waals surface area (Å²) in [4.78, 5) is 35.7. The molecule has 8 atom stereocenters. The fraction of sp³-hybridized carbons (Fsp3) is 0.867. The van der Waals surface area contributed by atoms with Gasteiger partial charge in [0.05, 0.1) is 6.61 Å². The van der Waals surface area contributed by atoms with Crippen molar-refractivity contribution in [2.75, 3.05) is 13.2 Å². The van der Waals surface area contributed by atoms with Crippen LogP contribution in [-0.4, -0.2) is 98.3 Å². The van der Waals surface area contributed by atoms with Gasteiger partial charge in [0, 0.05) is 12.8 Å². The Morgan fingerprint density at radius 2 is 0.864 bits per heavy atom. The van der Waals surface area contributed by atoms with Crippen LogP contribution in [0.25, 0.3) is 0 Å². The molecule has 0 spiro atoms. The lowest BCUT2D eigenvalue weighted by molar-refractivity contribution is -0.220. The van der Waals surface area contributed by atoms with Gasteiger partial charge in [0.25, 0.3) is 0 Å². The first-order chi connectivity index (χ1) is 28.4. The Balaban J connectivity index is 2.48. The zero-order valence-electron chi connectivity index (χ0n) is 36.6. The maximum absolute atomic E-state index is 12.8. The number of phosphoric ester groups is 1. The number of ether oxygens (including phenoxy) is 2. The average molecular weight is 863 g/mol. The fourth-order valence-corrected chi connectivity index (χ4v) is 7.95. The highest BCUT2D eigenvalue weighted by molar-refractivity contribution is 7.47. The van der Waals surface area contributed by atoms with Gasteiger partial charge in [0.1, 0.15) is 43.2 Å². The summed E-state index contributed by atoms with van der Waals surface area (Å²) in [5.74, 6) is -1.13. The van der Waals surface area contributed by atoms with Gasteiger partial charge < -0.3 is 39.9 Å². The number of carbonyl (C=O) groups is 2. The first-order valence-corrected chi connectivity index (χ1v) is 24.6. The molecule has 14 heteroatoms. The number of unbranched alkanes of at least 4 members (excludes halogenated alkanes) is 22. The van der Waals surface area contributed by atoms with Gasteiger partial charge >= 0.3 is 19.8 Å². The number of esters is 2. The molecule has 0 aromatic carbocycles. The molecule has 0 saturated heterocycles. The molecular formula is C45H83O13P. The summed E-state index contributed by atoms with van der Waals surface area (Å²) in [6, 6.07) is 0. The summed E-state index contributed by atoms with van der Waals surface area (Å²) in [5.41, 5.74) is 0. The Morgan fingerprint density at radius 3 is 1.32 bits per heavy atom. The van der Waals surface area contributed by atoms with E-state index in [0.717, 1.165) is 57.8 Å². The summed E-state index contributed by atoms with van der Waals surface area (Å²) < 4.78 is 33.5. The Hall–Kier alpha value is -1.67. The molecule has 346 valence electrons. The van der Waals surface area contributed by atoms with E-state index in [1.54, 1.807) is 0 Å². The van der Waals surface area contributed by atoms with Crippen LogP contribution in [-0.2, 0) is 32.7 Å². The molecule has 13 nitrogen and oxygen atoms in total. The van der Waals surface area contributed by atoms with Crippen molar-refractivity contribution in [2.24, 2.45) is 0 Å². The summed E-state index contributed by atoms with van der Waals surface area (Å²) in [7, 11) is -5.12.